The van der Waals surface area contributed by atoms with E-state index in [-0.39, 0.29) is 5.78 Å². The van der Waals surface area contributed by atoms with E-state index in [1.807, 2.05) is 18.2 Å². The minimum absolute atomic E-state index is 0.0380. The quantitative estimate of drug-likeness (QED) is 0.759. The molecule has 2 rings (SSSR count). The highest BCUT2D eigenvalue weighted by Gasteiger charge is 2.12. The molecule has 1 aromatic heterocycles. The predicted molar refractivity (Wildman–Crippen MR) is 63.0 cm³/mol. The van der Waals surface area contributed by atoms with Crippen molar-refractivity contribution < 1.29 is 4.79 Å². The number of hydrogen-bond donors (Lipinski definition) is 2. The summed E-state index contributed by atoms with van der Waals surface area (Å²) >= 11 is 1.22. The fraction of sp³-hybridized carbons (Fsp3) is 0. The van der Waals surface area contributed by atoms with Gasteiger partial charge in [0.2, 0.25) is 5.78 Å². The van der Waals surface area contributed by atoms with Gasteiger partial charge in [-0.05, 0) is 6.07 Å². The van der Waals surface area contributed by atoms with Crippen molar-refractivity contribution in [1.29, 1.82) is 0 Å². The van der Waals surface area contributed by atoms with E-state index in [0.29, 0.717) is 21.1 Å². The molecule has 0 spiro atoms. The van der Waals surface area contributed by atoms with Gasteiger partial charge < -0.3 is 11.5 Å². The molecule has 4 N–H and O–H groups in total. The molecule has 0 aliphatic rings. The summed E-state index contributed by atoms with van der Waals surface area (Å²) in [6.07, 6.45) is 0. The number of rotatable bonds is 2. The Morgan fingerprint density at radius 2 is 1.80 bits per heavy atom. The molecule has 0 atom stereocenters. The van der Waals surface area contributed by atoms with Crippen LogP contribution < -0.4 is 11.5 Å². The first kappa shape index (κ1) is 9.73. The largest absolute Gasteiger partial charge is 0.396 e. The summed E-state index contributed by atoms with van der Waals surface area (Å²) in [5.41, 5.74) is 12.3. The van der Waals surface area contributed by atoms with E-state index in [9.17, 15) is 4.79 Å². The van der Waals surface area contributed by atoms with E-state index in [0.717, 1.165) is 0 Å². The van der Waals surface area contributed by atoms with Crippen LogP contribution >= 0.6 is 11.3 Å². The molecule has 76 valence electrons. The number of anilines is 2. The van der Waals surface area contributed by atoms with Gasteiger partial charge in [0.15, 0.2) is 0 Å². The van der Waals surface area contributed by atoms with E-state index < -0.39 is 0 Å². The first-order chi connectivity index (χ1) is 7.18. The number of hydrogen-bond acceptors (Lipinski definition) is 4. The molecule has 0 saturated heterocycles. The molecule has 3 nitrogen and oxygen atoms in total. The van der Waals surface area contributed by atoms with Gasteiger partial charge in [-0.3, -0.25) is 4.79 Å². The smallest absolute Gasteiger partial charge is 0.203 e. The molecule has 4 heteroatoms. The molecule has 1 heterocycles. The lowest BCUT2D eigenvalue weighted by Gasteiger charge is -1.95. The monoisotopic (exact) mass is 218 g/mol. The Bertz CT molecular complexity index is 471. The average Bonchev–Trinajstić information content (AvgIpc) is 2.59. The van der Waals surface area contributed by atoms with E-state index in [4.69, 9.17) is 11.5 Å². The van der Waals surface area contributed by atoms with Crippen LogP contribution in [0.3, 0.4) is 0 Å². The van der Waals surface area contributed by atoms with Crippen molar-refractivity contribution in [2.24, 2.45) is 0 Å². The lowest BCUT2D eigenvalue weighted by Crippen LogP contribution is -1.97. The Morgan fingerprint density at radius 3 is 2.33 bits per heavy atom. The standard InChI is InChI=1S/C11H10N2OS/c12-8-6-9(15-11(8)13)10(14)7-4-2-1-3-5-7/h1-6H,12-13H2. The van der Waals surface area contributed by atoms with Crippen molar-refractivity contribution in [3.8, 4) is 0 Å². The van der Waals surface area contributed by atoms with E-state index in [1.54, 1.807) is 18.2 Å². The van der Waals surface area contributed by atoms with E-state index in [2.05, 4.69) is 0 Å². The van der Waals surface area contributed by atoms with Crippen LogP contribution in [0.2, 0.25) is 0 Å². The number of nitrogen functional groups attached to an aromatic ring is 2. The normalized spacial score (nSPS) is 10.1. The number of ketones is 1. The van der Waals surface area contributed by atoms with Crippen LogP contribution in [0.4, 0.5) is 10.7 Å². The number of nitrogens with two attached hydrogens (primary N) is 2. The minimum Gasteiger partial charge on any atom is -0.396 e. The third kappa shape index (κ3) is 1.85. The summed E-state index contributed by atoms with van der Waals surface area (Å²) in [6.45, 7) is 0. The minimum atomic E-state index is -0.0380. The van der Waals surface area contributed by atoms with Crippen LogP contribution in [0.5, 0.6) is 0 Å². The summed E-state index contributed by atoms with van der Waals surface area (Å²) in [4.78, 5) is 12.5. The first-order valence-corrected chi connectivity index (χ1v) is 5.24. The maximum absolute atomic E-state index is 11.9. The van der Waals surface area contributed by atoms with Crippen molar-refractivity contribution in [3.63, 3.8) is 0 Å². The molecule has 0 amide bonds. The van der Waals surface area contributed by atoms with Gasteiger partial charge in [-0.25, -0.2) is 0 Å². The molecular weight excluding hydrogens is 208 g/mol. The van der Waals surface area contributed by atoms with E-state index >= 15 is 0 Å². The van der Waals surface area contributed by atoms with Crippen molar-refractivity contribution >= 4 is 27.8 Å². The van der Waals surface area contributed by atoms with Crippen LogP contribution in [-0.2, 0) is 0 Å². The molecule has 0 unspecified atom stereocenters. The van der Waals surface area contributed by atoms with Gasteiger partial charge in [-0.2, -0.15) is 0 Å². The Balaban J connectivity index is 2.37. The zero-order valence-corrected chi connectivity index (χ0v) is 8.75. The van der Waals surface area contributed by atoms with Crippen molar-refractivity contribution in [3.05, 3.63) is 46.8 Å². The zero-order valence-electron chi connectivity index (χ0n) is 7.94. The Morgan fingerprint density at radius 1 is 1.13 bits per heavy atom. The SMILES string of the molecule is Nc1cc(C(=O)c2ccccc2)sc1N. The molecular formula is C11H10N2OS. The van der Waals surface area contributed by atoms with Crippen molar-refractivity contribution in [2.75, 3.05) is 11.5 Å². The molecule has 0 radical (unpaired) electrons. The number of benzene rings is 1. The molecule has 15 heavy (non-hydrogen) atoms. The van der Waals surface area contributed by atoms with Gasteiger partial charge in [-0.15, -0.1) is 11.3 Å². The topological polar surface area (TPSA) is 69.1 Å². The molecule has 0 bridgehead atoms. The Hall–Kier alpha value is -1.81. The summed E-state index contributed by atoms with van der Waals surface area (Å²) in [5.74, 6) is -0.0380. The molecule has 1 aromatic carbocycles. The van der Waals surface area contributed by atoms with Crippen LogP contribution in [-0.4, -0.2) is 5.78 Å². The zero-order chi connectivity index (χ0) is 10.8. The maximum atomic E-state index is 11.9. The van der Waals surface area contributed by atoms with Crippen LogP contribution in [0.15, 0.2) is 36.4 Å². The van der Waals surface area contributed by atoms with Gasteiger partial charge in [0.1, 0.15) is 5.00 Å². The highest BCUT2D eigenvalue weighted by molar-refractivity contribution is 7.18. The third-order valence-corrected chi connectivity index (χ3v) is 3.03. The number of carbonyl (C=O) groups is 1. The van der Waals surface area contributed by atoms with Gasteiger partial charge in [0.05, 0.1) is 10.6 Å². The highest BCUT2D eigenvalue weighted by Crippen LogP contribution is 2.28. The van der Waals surface area contributed by atoms with E-state index in [1.165, 1.54) is 11.3 Å². The number of thiophene rings is 1. The number of carbonyl (C=O) groups excluding carboxylic acids is 1. The second-order valence-electron chi connectivity index (χ2n) is 3.13. The molecule has 0 fully saturated rings. The second-order valence-corrected chi connectivity index (χ2v) is 4.21. The molecule has 2 aromatic rings. The molecule has 0 aliphatic carbocycles. The molecule has 0 aliphatic heterocycles. The highest BCUT2D eigenvalue weighted by atomic mass is 32.1. The van der Waals surface area contributed by atoms with Crippen molar-refractivity contribution in [1.82, 2.24) is 0 Å². The summed E-state index contributed by atoms with van der Waals surface area (Å²) in [5, 5.41) is 0.495. The fourth-order valence-corrected chi connectivity index (χ4v) is 2.07. The lowest BCUT2D eigenvalue weighted by molar-refractivity contribution is 0.104. The predicted octanol–water partition coefficient (Wildman–Crippen LogP) is 2.14. The first-order valence-electron chi connectivity index (χ1n) is 4.43. The third-order valence-electron chi connectivity index (χ3n) is 2.05. The average molecular weight is 218 g/mol. The van der Waals surface area contributed by atoms with Gasteiger partial charge in [0, 0.05) is 5.56 Å². The molecule has 0 saturated carbocycles. The van der Waals surface area contributed by atoms with Gasteiger partial charge >= 0.3 is 0 Å². The second kappa shape index (κ2) is 3.74. The van der Waals surface area contributed by atoms with Gasteiger partial charge in [-0.1, -0.05) is 30.3 Å². The Labute approximate surface area is 91.3 Å². The maximum Gasteiger partial charge on any atom is 0.203 e. The lowest BCUT2D eigenvalue weighted by atomic mass is 10.1. The fourth-order valence-electron chi connectivity index (χ4n) is 1.26. The Kier molecular flexibility index (Phi) is 2.43. The summed E-state index contributed by atoms with van der Waals surface area (Å²) in [7, 11) is 0. The van der Waals surface area contributed by atoms with Crippen LogP contribution in [0, 0.1) is 0 Å². The van der Waals surface area contributed by atoms with Crippen molar-refractivity contribution in [2.45, 2.75) is 0 Å². The van der Waals surface area contributed by atoms with Crippen LogP contribution in [0.25, 0.3) is 0 Å². The summed E-state index contributed by atoms with van der Waals surface area (Å²) in [6, 6.07) is 10.7. The van der Waals surface area contributed by atoms with Crippen LogP contribution in [0.1, 0.15) is 15.2 Å². The summed E-state index contributed by atoms with van der Waals surface area (Å²) < 4.78 is 0. The van der Waals surface area contributed by atoms with Gasteiger partial charge in [0.25, 0.3) is 0 Å².